The fourth-order valence-corrected chi connectivity index (χ4v) is 4.51. The third kappa shape index (κ3) is 9.60. The van der Waals surface area contributed by atoms with Crippen LogP contribution in [-0.2, 0) is 9.13 Å². The van der Waals surface area contributed by atoms with Crippen LogP contribution in [-0.4, -0.2) is 46.2 Å². The molecule has 0 aliphatic carbocycles. The van der Waals surface area contributed by atoms with Gasteiger partial charge in [-0.1, -0.05) is 19.4 Å². The van der Waals surface area contributed by atoms with Crippen molar-refractivity contribution in [2.45, 2.75) is 14.9 Å². The Morgan fingerprint density at radius 2 is 1.21 bits per heavy atom. The predicted molar refractivity (Wildman–Crippen MR) is 155 cm³/mol. The molecule has 214 valence electrons. The minimum absolute atomic E-state index is 0. The van der Waals surface area contributed by atoms with E-state index in [0.29, 0.717) is 0 Å². The smallest absolute Gasteiger partial charge is 0.332 e. The quantitative estimate of drug-likeness (QED) is 0.142. The molecule has 0 saturated carbocycles. The highest BCUT2D eigenvalue weighted by atomic mass is 79.9. The fraction of sp³-hybridized carbons (Fsp3) is 0.250. The maximum atomic E-state index is 14.3. The van der Waals surface area contributed by atoms with Crippen molar-refractivity contribution in [2.75, 3.05) is 38.1 Å². The van der Waals surface area contributed by atoms with Crippen molar-refractivity contribution in [2.24, 2.45) is 0 Å². The standard InChI is InChI=1S/C11H12F2N3OP.C9H6BrF2N3.C2H6OP.2CH4/c1-18(2,17)11-8(14)3-4-9(10(11)13)16-6-7(12)5-15-16;10-8-6(13)1-2-7(9(8)12)15-4-5(11)3-14-15;1-4(2)3;;/h3-6H,14H2,1-2H3;1-4H,13H2;1-2H3;2*1H4/q;;+1;;. The van der Waals surface area contributed by atoms with Crippen LogP contribution in [0.3, 0.4) is 0 Å². The Bertz CT molecular complexity index is 1470. The first-order valence-corrected chi connectivity index (χ1v) is 15.8. The van der Waals surface area contributed by atoms with Crippen molar-refractivity contribution in [1.29, 1.82) is 0 Å². The second-order valence-corrected chi connectivity index (χ2v) is 13.6. The van der Waals surface area contributed by atoms with Crippen LogP contribution in [0.15, 0.2) is 53.5 Å². The number of halogens is 5. The number of benzene rings is 2. The third-order valence-electron chi connectivity index (χ3n) is 4.35. The highest BCUT2D eigenvalue weighted by molar-refractivity contribution is 9.10. The first-order chi connectivity index (χ1) is 17.1. The van der Waals surface area contributed by atoms with E-state index in [1.54, 1.807) is 13.3 Å². The maximum absolute atomic E-state index is 14.3. The summed E-state index contributed by atoms with van der Waals surface area (Å²) in [7, 11) is -3.74. The van der Waals surface area contributed by atoms with Gasteiger partial charge in [-0.2, -0.15) is 10.2 Å². The molecule has 4 N–H and O–H groups in total. The normalized spacial score (nSPS) is 10.2. The average Bonchev–Trinajstić information content (AvgIpc) is 3.39. The Balaban J connectivity index is 0.000000630. The number of hydrogen-bond acceptors (Lipinski definition) is 6. The molecule has 15 heteroatoms. The summed E-state index contributed by atoms with van der Waals surface area (Å²) in [6.45, 7) is 6.20. The summed E-state index contributed by atoms with van der Waals surface area (Å²) in [5, 5.41) is 7.30. The van der Waals surface area contributed by atoms with Crippen LogP contribution in [0.4, 0.5) is 28.9 Å². The van der Waals surface area contributed by atoms with Gasteiger partial charge in [0.2, 0.25) is 0 Å². The second-order valence-electron chi connectivity index (χ2n) is 8.01. The number of anilines is 2. The summed E-state index contributed by atoms with van der Waals surface area (Å²) >= 11 is 3.00. The second kappa shape index (κ2) is 15.0. The molecule has 0 spiro atoms. The summed E-state index contributed by atoms with van der Waals surface area (Å²) in [6.07, 6.45) is 4.09. The average molecular weight is 654 g/mol. The van der Waals surface area contributed by atoms with Crippen LogP contribution in [0.5, 0.6) is 0 Å². The number of hydrogen-bond donors (Lipinski definition) is 2. The summed E-state index contributed by atoms with van der Waals surface area (Å²) in [5.41, 5.74) is 11.7. The van der Waals surface area contributed by atoms with Gasteiger partial charge < -0.3 is 16.0 Å². The fourth-order valence-electron chi connectivity index (χ4n) is 2.89. The SMILES string of the molecule is C.C.CP(C)(=O)c1c(N)ccc(-n2cc(F)cn2)c1F.C[P+](C)=O.Nc1ccc(-n2cc(F)cn2)c(F)c1Br. The van der Waals surface area contributed by atoms with Crippen LogP contribution in [0.1, 0.15) is 14.9 Å². The van der Waals surface area contributed by atoms with Gasteiger partial charge in [-0.3, -0.25) is 0 Å². The lowest BCUT2D eigenvalue weighted by molar-refractivity contribution is 0.583. The number of nitrogens with zero attached hydrogens (tertiary/aromatic N) is 4. The number of rotatable bonds is 3. The Labute approximate surface area is 234 Å². The molecule has 4 rings (SSSR count). The molecule has 0 radical (unpaired) electrons. The Morgan fingerprint density at radius 3 is 1.56 bits per heavy atom. The molecular weight excluding hydrogens is 622 g/mol. The monoisotopic (exact) mass is 653 g/mol. The zero-order valence-corrected chi connectivity index (χ0v) is 23.5. The number of nitrogen functional groups attached to an aromatic ring is 2. The topological polar surface area (TPSA) is 122 Å². The molecule has 4 aromatic rings. The molecule has 0 amide bonds. The molecule has 2 heterocycles. The molecule has 2 aromatic heterocycles. The summed E-state index contributed by atoms with van der Waals surface area (Å²) < 4.78 is 77.4. The minimum Gasteiger partial charge on any atom is -0.398 e. The van der Waals surface area contributed by atoms with Crippen molar-refractivity contribution < 1.29 is 26.7 Å². The zero-order chi connectivity index (χ0) is 28.1. The Morgan fingerprint density at radius 1 is 0.821 bits per heavy atom. The van der Waals surface area contributed by atoms with Gasteiger partial charge >= 0.3 is 7.80 Å². The van der Waals surface area contributed by atoms with Crippen LogP contribution in [0.25, 0.3) is 11.4 Å². The van der Waals surface area contributed by atoms with Crippen molar-refractivity contribution in [3.8, 4) is 11.4 Å². The van der Waals surface area contributed by atoms with E-state index in [2.05, 4.69) is 26.1 Å². The van der Waals surface area contributed by atoms with E-state index in [9.17, 15) is 26.7 Å². The number of nitrogens with two attached hydrogens (primary N) is 2. The molecule has 0 aliphatic heterocycles. The van der Waals surface area contributed by atoms with Gasteiger partial charge in [-0.15, -0.1) is 0 Å². The molecule has 0 unspecified atom stereocenters. The molecule has 0 bridgehead atoms. The largest absolute Gasteiger partial charge is 0.398 e. The van der Waals surface area contributed by atoms with Crippen LogP contribution in [0, 0.1) is 23.3 Å². The van der Waals surface area contributed by atoms with Gasteiger partial charge in [0.25, 0.3) is 0 Å². The van der Waals surface area contributed by atoms with Crippen molar-refractivity contribution in [3.63, 3.8) is 0 Å². The zero-order valence-electron chi connectivity index (χ0n) is 20.2. The lowest BCUT2D eigenvalue weighted by atomic mass is 10.2. The maximum Gasteiger partial charge on any atom is 0.332 e. The minimum atomic E-state index is -2.87. The predicted octanol–water partition coefficient (Wildman–Crippen LogP) is 6.82. The van der Waals surface area contributed by atoms with E-state index in [1.165, 1.54) is 37.6 Å². The third-order valence-corrected chi connectivity index (χ3v) is 6.69. The van der Waals surface area contributed by atoms with E-state index >= 15 is 0 Å². The molecule has 0 aliphatic rings. The molecule has 39 heavy (non-hydrogen) atoms. The first-order valence-electron chi connectivity index (χ1n) is 10.3. The van der Waals surface area contributed by atoms with E-state index in [1.807, 2.05) is 0 Å². The summed E-state index contributed by atoms with van der Waals surface area (Å²) in [5.74, 6) is -2.41. The Kier molecular flexibility index (Phi) is 13.8. The van der Waals surface area contributed by atoms with Crippen molar-refractivity contribution in [3.05, 3.63) is 76.8 Å². The van der Waals surface area contributed by atoms with E-state index < -0.39 is 38.2 Å². The van der Waals surface area contributed by atoms with Crippen molar-refractivity contribution >= 4 is 47.6 Å². The van der Waals surface area contributed by atoms with Gasteiger partial charge in [-0.05, 0) is 53.5 Å². The van der Waals surface area contributed by atoms with Gasteiger partial charge in [0.15, 0.2) is 23.3 Å². The van der Waals surface area contributed by atoms with E-state index in [4.69, 9.17) is 11.5 Å². The van der Waals surface area contributed by atoms with Gasteiger partial charge in [-0.25, -0.2) is 26.9 Å². The van der Waals surface area contributed by atoms with Crippen LogP contribution < -0.4 is 16.8 Å². The molecule has 0 saturated heterocycles. The van der Waals surface area contributed by atoms with Gasteiger partial charge in [0.1, 0.15) is 31.8 Å². The highest BCUT2D eigenvalue weighted by Gasteiger charge is 2.23. The lowest BCUT2D eigenvalue weighted by Gasteiger charge is -2.14. The molecule has 0 fully saturated rings. The van der Waals surface area contributed by atoms with Crippen molar-refractivity contribution in [1.82, 2.24) is 19.6 Å². The van der Waals surface area contributed by atoms with E-state index in [0.717, 1.165) is 34.2 Å². The first kappa shape index (κ1) is 36.0. The van der Waals surface area contributed by atoms with Gasteiger partial charge in [0.05, 0.1) is 34.6 Å². The molecular formula is C24H32BrF4N6O2P2+. The van der Waals surface area contributed by atoms with E-state index in [-0.39, 0.29) is 47.4 Å². The van der Waals surface area contributed by atoms with Crippen LogP contribution in [0.2, 0.25) is 0 Å². The summed E-state index contributed by atoms with van der Waals surface area (Å²) in [6, 6.07) is 5.76. The molecule has 8 nitrogen and oxygen atoms in total. The molecule has 0 atom stereocenters. The summed E-state index contributed by atoms with van der Waals surface area (Å²) in [4.78, 5) is 0. The lowest BCUT2D eigenvalue weighted by Crippen LogP contribution is -2.17. The Hall–Kier alpha value is -3.01. The van der Waals surface area contributed by atoms with Gasteiger partial charge in [0, 0.05) is 11.4 Å². The van der Waals surface area contributed by atoms with Crippen LogP contribution >= 0.6 is 30.9 Å². The number of aromatic nitrogens is 4. The molecule has 2 aromatic carbocycles. The highest BCUT2D eigenvalue weighted by Crippen LogP contribution is 2.39.